The number of carbonyl (C=O) groups is 1. The summed E-state index contributed by atoms with van der Waals surface area (Å²) >= 11 is 12.2. The highest BCUT2D eigenvalue weighted by molar-refractivity contribution is 6.46. The average Bonchev–Trinajstić information content (AvgIpc) is 2.43. The Labute approximate surface area is 155 Å². The Kier molecular flexibility index (Phi) is 5.82. The van der Waals surface area contributed by atoms with Crippen LogP contribution in [0.5, 0.6) is 0 Å². The summed E-state index contributed by atoms with van der Waals surface area (Å²) in [5.74, 6) is 0.662. The highest BCUT2D eigenvalue weighted by Gasteiger charge is 2.36. The molecule has 2 nitrogen and oxygen atoms in total. The zero-order valence-electron chi connectivity index (χ0n) is 15.2. The first-order valence-electron chi connectivity index (χ1n) is 8.57. The summed E-state index contributed by atoms with van der Waals surface area (Å²) in [5.41, 5.74) is 1.32. The second kappa shape index (κ2) is 7.17. The summed E-state index contributed by atoms with van der Waals surface area (Å²) in [6.45, 7) is 10.6. The van der Waals surface area contributed by atoms with Gasteiger partial charge in [-0.1, -0.05) is 44.0 Å². The van der Waals surface area contributed by atoms with Crippen molar-refractivity contribution in [1.82, 2.24) is 0 Å². The zero-order chi connectivity index (χ0) is 18.1. The molecule has 4 heteroatoms. The van der Waals surface area contributed by atoms with Crippen molar-refractivity contribution < 1.29 is 4.79 Å². The van der Waals surface area contributed by atoms with Crippen LogP contribution in [0.25, 0.3) is 0 Å². The van der Waals surface area contributed by atoms with Gasteiger partial charge in [-0.3, -0.25) is 9.79 Å². The number of aliphatic imine (C=N–C) groups is 1. The van der Waals surface area contributed by atoms with Crippen LogP contribution in [0.1, 0.15) is 65.9 Å². The van der Waals surface area contributed by atoms with E-state index in [0.717, 1.165) is 25.7 Å². The lowest BCUT2D eigenvalue weighted by Crippen LogP contribution is -2.35. The minimum Gasteiger partial charge on any atom is -0.293 e. The van der Waals surface area contributed by atoms with Crippen molar-refractivity contribution in [1.29, 1.82) is 0 Å². The number of carbonyl (C=O) groups excluding carboxylic acids is 1. The molecule has 132 valence electrons. The summed E-state index contributed by atoms with van der Waals surface area (Å²) in [6.07, 6.45) is 4.29. The Morgan fingerprint density at radius 2 is 1.62 bits per heavy atom. The summed E-state index contributed by atoms with van der Waals surface area (Å²) in [5, 5.41) is 1.04. The van der Waals surface area contributed by atoms with E-state index < -0.39 is 0 Å². The molecule has 1 aliphatic rings. The van der Waals surface area contributed by atoms with Crippen LogP contribution in [-0.4, -0.2) is 17.0 Å². The van der Waals surface area contributed by atoms with Gasteiger partial charge in [-0.15, -0.1) is 0 Å². The second-order valence-electron chi connectivity index (χ2n) is 8.31. The molecule has 0 amide bonds. The predicted molar refractivity (Wildman–Crippen MR) is 103 cm³/mol. The summed E-state index contributed by atoms with van der Waals surface area (Å²) in [6, 6.07) is 5.19. The van der Waals surface area contributed by atoms with E-state index in [2.05, 4.69) is 27.7 Å². The van der Waals surface area contributed by atoms with Gasteiger partial charge in [-0.25, -0.2) is 0 Å². The van der Waals surface area contributed by atoms with E-state index in [4.69, 9.17) is 28.2 Å². The Hall–Kier alpha value is -0.860. The average molecular weight is 368 g/mol. The predicted octanol–water partition coefficient (Wildman–Crippen LogP) is 6.37. The normalized spacial score (nSPS) is 25.6. The van der Waals surface area contributed by atoms with Gasteiger partial charge in [0.1, 0.15) is 5.71 Å². The fraction of sp³-hybridized carbons (Fsp3) is 0.600. The maximum Gasteiger partial charge on any atom is 0.178 e. The van der Waals surface area contributed by atoms with Crippen LogP contribution in [0, 0.1) is 11.3 Å². The molecule has 0 atom stereocenters. The molecule has 0 spiro atoms. The molecular weight excluding hydrogens is 341 g/mol. The molecule has 0 saturated heterocycles. The monoisotopic (exact) mass is 367 g/mol. The van der Waals surface area contributed by atoms with Crippen molar-refractivity contribution in [3.05, 3.63) is 33.8 Å². The number of Topliss-reactive ketones (excluding diaryl/α,β-unsaturated/α-hetero) is 1. The van der Waals surface area contributed by atoms with E-state index in [0.29, 0.717) is 32.7 Å². The number of ketones is 1. The quantitative estimate of drug-likeness (QED) is 0.570. The first-order valence-corrected chi connectivity index (χ1v) is 9.33. The molecule has 1 fully saturated rings. The van der Waals surface area contributed by atoms with Gasteiger partial charge >= 0.3 is 0 Å². The number of hydrogen-bond donors (Lipinski definition) is 0. The van der Waals surface area contributed by atoms with Crippen LogP contribution >= 0.6 is 23.2 Å². The summed E-state index contributed by atoms with van der Waals surface area (Å²) < 4.78 is 0. The Morgan fingerprint density at radius 1 is 1.12 bits per heavy atom. The number of benzene rings is 1. The maximum absolute atomic E-state index is 12.2. The first-order chi connectivity index (χ1) is 11.0. The van der Waals surface area contributed by atoms with Crippen LogP contribution < -0.4 is 0 Å². The molecular formula is C20H27Cl2NO. The van der Waals surface area contributed by atoms with Crippen molar-refractivity contribution in [3.63, 3.8) is 0 Å². The molecule has 1 aromatic carbocycles. The maximum atomic E-state index is 12.2. The molecule has 0 bridgehead atoms. The Balaban J connectivity index is 2.30. The SMILES string of the molecule is CC(=O)C(=NC1(C)CCC(C(C)(C)C)CC1)c1cc(Cl)cc(Cl)c1. The topological polar surface area (TPSA) is 29.4 Å². The molecule has 0 heterocycles. The summed E-state index contributed by atoms with van der Waals surface area (Å²) in [4.78, 5) is 17.1. The molecule has 1 aromatic rings. The molecule has 1 aliphatic carbocycles. The molecule has 2 rings (SSSR count). The third-order valence-electron chi connectivity index (χ3n) is 5.14. The Morgan fingerprint density at radius 3 is 2.04 bits per heavy atom. The van der Waals surface area contributed by atoms with Gasteiger partial charge in [0.25, 0.3) is 0 Å². The molecule has 24 heavy (non-hydrogen) atoms. The van der Waals surface area contributed by atoms with Crippen molar-refractivity contribution >= 4 is 34.7 Å². The van der Waals surface area contributed by atoms with E-state index in [1.165, 1.54) is 0 Å². The zero-order valence-corrected chi connectivity index (χ0v) is 16.8. The van der Waals surface area contributed by atoms with Gasteiger partial charge in [-0.05, 0) is 62.1 Å². The molecule has 0 aromatic heterocycles. The molecule has 0 unspecified atom stereocenters. The van der Waals surface area contributed by atoms with Crippen LogP contribution in [0.3, 0.4) is 0 Å². The summed E-state index contributed by atoms with van der Waals surface area (Å²) in [7, 11) is 0. The van der Waals surface area contributed by atoms with Crippen molar-refractivity contribution in [2.75, 3.05) is 0 Å². The molecule has 1 saturated carbocycles. The lowest BCUT2D eigenvalue weighted by Gasteiger charge is -2.40. The molecule has 0 radical (unpaired) electrons. The fourth-order valence-electron chi connectivity index (χ4n) is 3.52. The van der Waals surface area contributed by atoms with Crippen LogP contribution in [0.15, 0.2) is 23.2 Å². The fourth-order valence-corrected chi connectivity index (χ4v) is 4.05. The van der Waals surface area contributed by atoms with Crippen molar-refractivity contribution in [2.24, 2.45) is 16.3 Å². The minimum atomic E-state index is -0.197. The van der Waals surface area contributed by atoms with Gasteiger partial charge in [0.15, 0.2) is 5.78 Å². The van der Waals surface area contributed by atoms with E-state index in [1.54, 1.807) is 25.1 Å². The number of hydrogen-bond acceptors (Lipinski definition) is 2. The third kappa shape index (κ3) is 4.83. The van der Waals surface area contributed by atoms with Gasteiger partial charge in [0.05, 0.1) is 5.54 Å². The van der Waals surface area contributed by atoms with Crippen LogP contribution in [-0.2, 0) is 4.79 Å². The van der Waals surface area contributed by atoms with E-state index in [9.17, 15) is 4.79 Å². The largest absolute Gasteiger partial charge is 0.293 e. The first kappa shape index (κ1) is 19.5. The van der Waals surface area contributed by atoms with Crippen molar-refractivity contribution in [3.8, 4) is 0 Å². The smallest absolute Gasteiger partial charge is 0.178 e. The number of rotatable bonds is 3. The molecule has 0 aliphatic heterocycles. The molecule has 0 N–H and O–H groups in total. The second-order valence-corrected chi connectivity index (χ2v) is 9.18. The highest BCUT2D eigenvalue weighted by atomic mass is 35.5. The third-order valence-corrected chi connectivity index (χ3v) is 5.58. The van der Waals surface area contributed by atoms with Gasteiger partial charge in [0.2, 0.25) is 0 Å². The van der Waals surface area contributed by atoms with E-state index >= 15 is 0 Å². The van der Waals surface area contributed by atoms with Gasteiger partial charge < -0.3 is 0 Å². The highest BCUT2D eigenvalue weighted by Crippen LogP contribution is 2.43. The minimum absolute atomic E-state index is 0.0486. The van der Waals surface area contributed by atoms with Crippen LogP contribution in [0.4, 0.5) is 0 Å². The number of halogens is 2. The number of nitrogens with zero attached hydrogens (tertiary/aromatic N) is 1. The van der Waals surface area contributed by atoms with Gasteiger partial charge in [-0.2, -0.15) is 0 Å². The lowest BCUT2D eigenvalue weighted by atomic mass is 9.68. The van der Waals surface area contributed by atoms with Crippen molar-refractivity contribution in [2.45, 2.75) is 65.8 Å². The van der Waals surface area contributed by atoms with Gasteiger partial charge in [0, 0.05) is 22.5 Å². The van der Waals surface area contributed by atoms with E-state index in [1.807, 2.05) is 0 Å². The van der Waals surface area contributed by atoms with Crippen LogP contribution in [0.2, 0.25) is 10.0 Å². The lowest BCUT2D eigenvalue weighted by molar-refractivity contribution is -0.111. The van der Waals surface area contributed by atoms with E-state index in [-0.39, 0.29) is 11.3 Å². The Bertz CT molecular complexity index is 630. The standard InChI is InChI=1S/C20H27Cl2NO/c1-13(24)18(14-10-16(21)12-17(22)11-14)23-20(5)8-6-15(7-9-20)19(2,3)4/h10-12,15H,6-9H2,1-5H3.